The van der Waals surface area contributed by atoms with Crippen molar-refractivity contribution in [1.29, 1.82) is 5.26 Å². The highest BCUT2D eigenvalue weighted by Crippen LogP contribution is 2.48. The van der Waals surface area contributed by atoms with Gasteiger partial charge in [-0.15, -0.1) is 0 Å². The summed E-state index contributed by atoms with van der Waals surface area (Å²) in [5, 5.41) is 15.5. The molecule has 3 nitrogen and oxygen atoms in total. The van der Waals surface area contributed by atoms with Crippen LogP contribution in [0.4, 0.5) is 34.1 Å². The molecule has 10 aromatic rings. The fraction of sp³-hybridized carbons (Fsp3) is 0. The third-order valence-electron chi connectivity index (χ3n) is 12.6. The maximum Gasteiger partial charge on any atom is 0.252 e. The Morgan fingerprint density at radius 2 is 0.738 bits per heavy atom. The number of nitriles is 1. The molecule has 0 fully saturated rings. The van der Waals surface area contributed by atoms with E-state index in [0.29, 0.717) is 5.56 Å². The minimum Gasteiger partial charge on any atom is -0.311 e. The molecule has 0 amide bonds. The van der Waals surface area contributed by atoms with Crippen LogP contribution < -0.4 is 26.2 Å². The number of nitrogens with zero attached hydrogens (tertiary/aromatic N) is 3. The predicted octanol–water partition coefficient (Wildman–Crippen LogP) is 12.9. The monoisotopic (exact) mass is 773 g/mol. The molecule has 0 atom stereocenters. The SMILES string of the molecule is N#Cc1cc(-c2cc3c4c(c2)N(c2ccccc2)c2ccccc2B4c2ccccc2N3c2ccccc2)cc(-c2c3ccccc3c(-c3ccccc3)c3ccccc23)c1. The van der Waals surface area contributed by atoms with Gasteiger partial charge in [0.15, 0.2) is 0 Å². The molecule has 61 heavy (non-hydrogen) atoms. The first-order valence-electron chi connectivity index (χ1n) is 20.9. The van der Waals surface area contributed by atoms with E-state index in [1.54, 1.807) is 0 Å². The molecule has 2 aliphatic rings. The zero-order chi connectivity index (χ0) is 40.4. The molecule has 4 heteroatoms. The first-order chi connectivity index (χ1) is 30.2. The molecule has 0 radical (unpaired) electrons. The van der Waals surface area contributed by atoms with Crippen LogP contribution in [0.3, 0.4) is 0 Å². The van der Waals surface area contributed by atoms with E-state index in [1.165, 1.54) is 49.7 Å². The quantitative estimate of drug-likeness (QED) is 0.129. The van der Waals surface area contributed by atoms with E-state index in [2.05, 4.69) is 234 Å². The smallest absolute Gasteiger partial charge is 0.252 e. The second-order valence-corrected chi connectivity index (χ2v) is 15.9. The first-order valence-corrected chi connectivity index (χ1v) is 20.9. The summed E-state index contributed by atoms with van der Waals surface area (Å²) >= 11 is 0. The van der Waals surface area contributed by atoms with Crippen molar-refractivity contribution in [3.8, 4) is 39.4 Å². The number of hydrogen-bond acceptors (Lipinski definition) is 3. The number of para-hydroxylation sites is 4. The Balaban J connectivity index is 1.16. The summed E-state index contributed by atoms with van der Waals surface area (Å²) < 4.78 is 0. The third-order valence-corrected chi connectivity index (χ3v) is 12.6. The zero-order valence-electron chi connectivity index (χ0n) is 33.2. The Labute approximate surface area is 355 Å². The molecule has 12 rings (SSSR count). The summed E-state index contributed by atoms with van der Waals surface area (Å²) in [7, 11) is 0. The fourth-order valence-corrected chi connectivity index (χ4v) is 10.1. The van der Waals surface area contributed by atoms with Gasteiger partial charge in [0.1, 0.15) is 0 Å². The van der Waals surface area contributed by atoms with Crippen LogP contribution in [-0.4, -0.2) is 6.71 Å². The van der Waals surface area contributed by atoms with E-state index in [4.69, 9.17) is 0 Å². The fourth-order valence-electron chi connectivity index (χ4n) is 10.1. The summed E-state index contributed by atoms with van der Waals surface area (Å²) in [5.41, 5.74) is 17.8. The Morgan fingerprint density at radius 1 is 0.344 bits per heavy atom. The van der Waals surface area contributed by atoms with Gasteiger partial charge < -0.3 is 9.80 Å². The van der Waals surface area contributed by atoms with Crippen molar-refractivity contribution in [3.05, 3.63) is 224 Å². The highest BCUT2D eigenvalue weighted by atomic mass is 15.2. The van der Waals surface area contributed by atoms with Gasteiger partial charge in [0.2, 0.25) is 0 Å². The van der Waals surface area contributed by atoms with Crippen molar-refractivity contribution >= 4 is 78.8 Å². The van der Waals surface area contributed by atoms with Crippen LogP contribution in [0.25, 0.3) is 54.9 Å². The molecule has 282 valence electrons. The average Bonchev–Trinajstić information content (AvgIpc) is 3.33. The van der Waals surface area contributed by atoms with Crippen LogP contribution in [0.15, 0.2) is 218 Å². The molecule has 2 heterocycles. The second kappa shape index (κ2) is 14.0. The van der Waals surface area contributed by atoms with Crippen LogP contribution >= 0.6 is 0 Å². The molecule has 0 bridgehead atoms. The lowest BCUT2D eigenvalue weighted by Gasteiger charge is -2.44. The lowest BCUT2D eigenvalue weighted by molar-refractivity contribution is 1.25. The molecule has 0 spiro atoms. The van der Waals surface area contributed by atoms with Gasteiger partial charge in [0.25, 0.3) is 6.71 Å². The van der Waals surface area contributed by atoms with Crippen LogP contribution in [0.5, 0.6) is 0 Å². The Bertz CT molecular complexity index is 3220. The third kappa shape index (κ3) is 5.45. The van der Waals surface area contributed by atoms with E-state index in [9.17, 15) is 5.26 Å². The van der Waals surface area contributed by atoms with Crippen molar-refractivity contribution in [2.75, 3.05) is 9.80 Å². The summed E-state index contributed by atoms with van der Waals surface area (Å²) in [6.07, 6.45) is 0. The van der Waals surface area contributed by atoms with Gasteiger partial charge in [-0.25, -0.2) is 0 Å². The van der Waals surface area contributed by atoms with E-state index in [1.807, 2.05) is 0 Å². The number of anilines is 6. The average molecular weight is 774 g/mol. The standard InChI is InChI=1S/C57H36BN3/c59-37-38-32-40(34-42(33-38)56-47-26-12-10-24-45(47)55(39-18-4-1-5-19-39)46-25-11-13-27-48(46)56)41-35-53-57-54(36-41)61(44-22-8-3-9-23-44)52-31-17-15-29-50(52)58(57)49-28-14-16-30-51(49)60(53)43-20-6-2-7-21-43/h1-36H. The van der Waals surface area contributed by atoms with Crippen molar-refractivity contribution < 1.29 is 0 Å². The highest BCUT2D eigenvalue weighted by Gasteiger charge is 2.43. The van der Waals surface area contributed by atoms with Gasteiger partial charge in [-0.05, 0) is 138 Å². The van der Waals surface area contributed by atoms with Crippen molar-refractivity contribution in [2.45, 2.75) is 0 Å². The van der Waals surface area contributed by atoms with Gasteiger partial charge >= 0.3 is 0 Å². The molecular formula is C57H36BN3. The Kier molecular flexibility index (Phi) is 8.01. The molecule has 10 aromatic carbocycles. The van der Waals surface area contributed by atoms with Crippen molar-refractivity contribution in [2.24, 2.45) is 0 Å². The second-order valence-electron chi connectivity index (χ2n) is 15.9. The van der Waals surface area contributed by atoms with E-state index < -0.39 is 0 Å². The van der Waals surface area contributed by atoms with Crippen molar-refractivity contribution in [1.82, 2.24) is 0 Å². The Hall–Kier alpha value is -8.13. The lowest BCUT2D eigenvalue weighted by atomic mass is 9.33. The minimum atomic E-state index is 0.0215. The van der Waals surface area contributed by atoms with Gasteiger partial charge in [-0.1, -0.05) is 152 Å². The first kappa shape index (κ1) is 34.9. The maximum absolute atomic E-state index is 10.8. The summed E-state index contributed by atoms with van der Waals surface area (Å²) in [6, 6.07) is 81.0. The predicted molar refractivity (Wildman–Crippen MR) is 256 cm³/mol. The topological polar surface area (TPSA) is 30.3 Å². The van der Waals surface area contributed by atoms with Gasteiger partial charge in [-0.3, -0.25) is 0 Å². The normalized spacial score (nSPS) is 12.5. The van der Waals surface area contributed by atoms with Crippen LogP contribution in [0.1, 0.15) is 5.56 Å². The molecule has 0 aliphatic carbocycles. The largest absolute Gasteiger partial charge is 0.311 e. The Morgan fingerprint density at radius 3 is 1.23 bits per heavy atom. The highest BCUT2D eigenvalue weighted by molar-refractivity contribution is 7.00. The van der Waals surface area contributed by atoms with E-state index >= 15 is 0 Å². The summed E-state index contributed by atoms with van der Waals surface area (Å²) in [5.74, 6) is 0. The number of benzene rings is 10. The summed E-state index contributed by atoms with van der Waals surface area (Å²) in [4.78, 5) is 4.87. The van der Waals surface area contributed by atoms with Crippen LogP contribution in [0.2, 0.25) is 0 Å². The van der Waals surface area contributed by atoms with Gasteiger partial charge in [0.05, 0.1) is 11.6 Å². The lowest BCUT2D eigenvalue weighted by Crippen LogP contribution is -2.61. The number of fused-ring (bicyclic) bond motifs is 6. The molecule has 0 saturated heterocycles. The zero-order valence-corrected chi connectivity index (χ0v) is 33.2. The maximum atomic E-state index is 10.8. The van der Waals surface area contributed by atoms with Crippen LogP contribution in [0, 0.1) is 11.3 Å². The van der Waals surface area contributed by atoms with E-state index in [0.717, 1.165) is 55.8 Å². The summed E-state index contributed by atoms with van der Waals surface area (Å²) in [6.45, 7) is 0.0215. The van der Waals surface area contributed by atoms with E-state index in [-0.39, 0.29) is 6.71 Å². The molecule has 0 unspecified atom stereocenters. The van der Waals surface area contributed by atoms with Crippen molar-refractivity contribution in [3.63, 3.8) is 0 Å². The molecule has 0 N–H and O–H groups in total. The van der Waals surface area contributed by atoms with Gasteiger partial charge in [0, 0.05) is 34.1 Å². The number of hydrogen-bond donors (Lipinski definition) is 0. The van der Waals surface area contributed by atoms with Crippen LogP contribution in [-0.2, 0) is 0 Å². The van der Waals surface area contributed by atoms with Gasteiger partial charge in [-0.2, -0.15) is 5.26 Å². The molecular weight excluding hydrogens is 737 g/mol. The molecule has 2 aliphatic heterocycles. The minimum absolute atomic E-state index is 0.0215. The molecule has 0 aromatic heterocycles. The molecule has 0 saturated carbocycles. The number of rotatable bonds is 5.